The normalized spacial score (nSPS) is 12.1. The molecule has 2 aromatic heterocycles. The maximum atomic E-state index is 13.3. The van der Waals surface area contributed by atoms with Gasteiger partial charge in [0.25, 0.3) is 0 Å². The summed E-state index contributed by atoms with van der Waals surface area (Å²) in [5, 5.41) is 6.84. The van der Waals surface area contributed by atoms with E-state index in [2.05, 4.69) is 15.4 Å². The minimum atomic E-state index is -4.49. The molecule has 2 heterocycles. The summed E-state index contributed by atoms with van der Waals surface area (Å²) < 4.78 is 40.9. The van der Waals surface area contributed by atoms with Gasteiger partial charge in [-0.05, 0) is 24.6 Å². The van der Waals surface area contributed by atoms with Gasteiger partial charge in [0.05, 0.1) is 6.20 Å². The fraction of sp³-hybridized carbons (Fsp3) is 0.429. The smallest absolute Gasteiger partial charge is 0.310 e. The third kappa shape index (κ3) is 3.60. The Labute approximate surface area is 121 Å². The quantitative estimate of drug-likeness (QED) is 0.943. The summed E-state index contributed by atoms with van der Waals surface area (Å²) in [6.45, 7) is 5.65. The second kappa shape index (κ2) is 5.85. The molecule has 0 spiro atoms. The minimum Gasteiger partial charge on any atom is -0.310 e. The molecule has 0 saturated heterocycles. The van der Waals surface area contributed by atoms with E-state index >= 15 is 0 Å². The third-order valence-corrected chi connectivity index (χ3v) is 2.93. The van der Waals surface area contributed by atoms with Gasteiger partial charge in [0.15, 0.2) is 11.5 Å². The number of pyridine rings is 1. The molecule has 0 aliphatic carbocycles. The van der Waals surface area contributed by atoms with Crippen LogP contribution >= 0.6 is 0 Å². The van der Waals surface area contributed by atoms with Gasteiger partial charge >= 0.3 is 6.18 Å². The van der Waals surface area contributed by atoms with Crippen molar-refractivity contribution >= 4 is 0 Å². The summed E-state index contributed by atoms with van der Waals surface area (Å²) in [5.74, 6) is 0.165. The first kappa shape index (κ1) is 15.5. The van der Waals surface area contributed by atoms with Crippen molar-refractivity contribution in [3.8, 4) is 5.82 Å². The Kier molecular flexibility index (Phi) is 4.32. The molecule has 0 saturated carbocycles. The topological polar surface area (TPSA) is 42.7 Å². The Balaban J connectivity index is 2.47. The van der Waals surface area contributed by atoms with E-state index in [4.69, 9.17) is 0 Å². The molecule has 0 aliphatic rings. The number of nitrogens with zero attached hydrogens (tertiary/aromatic N) is 3. The Morgan fingerprint density at radius 1 is 1.33 bits per heavy atom. The fourth-order valence-electron chi connectivity index (χ4n) is 1.94. The van der Waals surface area contributed by atoms with Gasteiger partial charge in [0.2, 0.25) is 0 Å². The maximum Gasteiger partial charge on any atom is 0.433 e. The highest BCUT2D eigenvalue weighted by atomic mass is 19.4. The predicted molar refractivity (Wildman–Crippen MR) is 73.1 cm³/mol. The van der Waals surface area contributed by atoms with Crippen LogP contribution in [0.3, 0.4) is 0 Å². The zero-order valence-electron chi connectivity index (χ0n) is 12.1. The molecule has 7 heteroatoms. The van der Waals surface area contributed by atoms with Crippen molar-refractivity contribution in [2.75, 3.05) is 0 Å². The van der Waals surface area contributed by atoms with Crippen molar-refractivity contribution in [2.45, 2.75) is 39.5 Å². The molecule has 4 nitrogen and oxygen atoms in total. The van der Waals surface area contributed by atoms with E-state index < -0.39 is 11.9 Å². The van der Waals surface area contributed by atoms with Crippen molar-refractivity contribution < 1.29 is 13.2 Å². The van der Waals surface area contributed by atoms with Crippen LogP contribution in [0.15, 0.2) is 24.5 Å². The first-order valence-corrected chi connectivity index (χ1v) is 6.59. The molecule has 0 aliphatic heterocycles. The molecular formula is C14H17F3N4. The molecule has 2 rings (SSSR count). The second-order valence-corrected chi connectivity index (χ2v) is 5.15. The van der Waals surface area contributed by atoms with Gasteiger partial charge in [-0.3, -0.25) is 0 Å². The number of aromatic nitrogens is 3. The Morgan fingerprint density at radius 3 is 2.62 bits per heavy atom. The maximum absolute atomic E-state index is 13.3. The summed E-state index contributed by atoms with van der Waals surface area (Å²) in [6.07, 6.45) is -1.78. The van der Waals surface area contributed by atoms with Gasteiger partial charge < -0.3 is 5.32 Å². The Morgan fingerprint density at radius 2 is 2.05 bits per heavy atom. The lowest BCUT2D eigenvalue weighted by atomic mass is 10.2. The van der Waals surface area contributed by atoms with Crippen LogP contribution in [-0.4, -0.2) is 20.8 Å². The van der Waals surface area contributed by atoms with Crippen LogP contribution in [0.25, 0.3) is 5.82 Å². The van der Waals surface area contributed by atoms with Gasteiger partial charge in [0, 0.05) is 24.3 Å². The molecule has 1 N–H and O–H groups in total. The molecule has 0 unspecified atom stereocenters. The van der Waals surface area contributed by atoms with E-state index in [9.17, 15) is 13.2 Å². The monoisotopic (exact) mass is 298 g/mol. The summed E-state index contributed by atoms with van der Waals surface area (Å²) in [5.41, 5.74) is 0.152. The lowest BCUT2D eigenvalue weighted by molar-refractivity contribution is -0.143. The number of aryl methyl sites for hydroxylation is 1. The van der Waals surface area contributed by atoms with Crippen LogP contribution in [0.5, 0.6) is 0 Å². The summed E-state index contributed by atoms with van der Waals surface area (Å²) in [4.78, 5) is 3.97. The van der Waals surface area contributed by atoms with Crippen LogP contribution in [0.2, 0.25) is 0 Å². The number of hydrogen-bond acceptors (Lipinski definition) is 3. The molecule has 0 bridgehead atoms. The number of halogens is 3. The van der Waals surface area contributed by atoms with Gasteiger partial charge in [-0.1, -0.05) is 13.8 Å². The van der Waals surface area contributed by atoms with Crippen molar-refractivity contribution in [3.63, 3.8) is 0 Å². The number of nitrogens with one attached hydrogen (secondary N) is 1. The SMILES string of the molecule is Cc1ccnc(-n2ncc(CNC(C)C)c2C(F)(F)F)c1. The average molecular weight is 298 g/mol. The largest absolute Gasteiger partial charge is 0.433 e. The van der Waals surface area contributed by atoms with Crippen LogP contribution in [0.1, 0.15) is 30.7 Å². The fourth-order valence-corrected chi connectivity index (χ4v) is 1.94. The highest BCUT2D eigenvalue weighted by molar-refractivity contribution is 5.33. The molecule has 0 fully saturated rings. The van der Waals surface area contributed by atoms with E-state index in [0.717, 1.165) is 10.2 Å². The van der Waals surface area contributed by atoms with Crippen LogP contribution in [-0.2, 0) is 12.7 Å². The lowest BCUT2D eigenvalue weighted by Gasteiger charge is -2.13. The highest BCUT2D eigenvalue weighted by Crippen LogP contribution is 2.33. The molecule has 0 aromatic carbocycles. The lowest BCUT2D eigenvalue weighted by Crippen LogP contribution is -2.24. The van der Waals surface area contributed by atoms with Gasteiger partial charge in [0.1, 0.15) is 0 Å². The third-order valence-electron chi connectivity index (χ3n) is 2.93. The Bertz CT molecular complexity index is 617. The molecule has 21 heavy (non-hydrogen) atoms. The van der Waals surface area contributed by atoms with E-state index in [1.807, 2.05) is 13.8 Å². The van der Waals surface area contributed by atoms with E-state index in [0.29, 0.717) is 0 Å². The molecule has 114 valence electrons. The minimum absolute atomic E-state index is 0.0894. The van der Waals surface area contributed by atoms with Crippen molar-refractivity contribution in [1.82, 2.24) is 20.1 Å². The summed E-state index contributed by atoms with van der Waals surface area (Å²) in [6, 6.07) is 3.38. The second-order valence-electron chi connectivity index (χ2n) is 5.15. The molecular weight excluding hydrogens is 281 g/mol. The zero-order chi connectivity index (χ0) is 15.6. The predicted octanol–water partition coefficient (Wildman–Crippen LogP) is 3.09. The van der Waals surface area contributed by atoms with Crippen LogP contribution in [0.4, 0.5) is 13.2 Å². The van der Waals surface area contributed by atoms with Crippen LogP contribution in [0, 0.1) is 6.92 Å². The van der Waals surface area contributed by atoms with Crippen LogP contribution < -0.4 is 5.32 Å². The number of hydrogen-bond donors (Lipinski definition) is 1. The summed E-state index contributed by atoms with van der Waals surface area (Å²) >= 11 is 0. The highest BCUT2D eigenvalue weighted by Gasteiger charge is 2.38. The van der Waals surface area contributed by atoms with Crippen molar-refractivity contribution in [3.05, 3.63) is 41.3 Å². The van der Waals surface area contributed by atoms with E-state index in [1.165, 1.54) is 12.4 Å². The molecule has 0 atom stereocenters. The molecule has 0 radical (unpaired) electrons. The van der Waals surface area contributed by atoms with E-state index in [1.54, 1.807) is 19.1 Å². The van der Waals surface area contributed by atoms with Crippen molar-refractivity contribution in [1.29, 1.82) is 0 Å². The molecule has 2 aromatic rings. The molecule has 0 amide bonds. The first-order chi connectivity index (χ1) is 9.79. The Hall–Kier alpha value is -1.89. The van der Waals surface area contributed by atoms with Crippen molar-refractivity contribution in [2.24, 2.45) is 0 Å². The number of alkyl halides is 3. The van der Waals surface area contributed by atoms with Gasteiger partial charge in [-0.25, -0.2) is 9.67 Å². The van der Waals surface area contributed by atoms with Gasteiger partial charge in [-0.2, -0.15) is 18.3 Å². The summed E-state index contributed by atoms with van der Waals surface area (Å²) in [7, 11) is 0. The average Bonchev–Trinajstić information content (AvgIpc) is 2.80. The zero-order valence-corrected chi connectivity index (χ0v) is 12.1. The number of rotatable bonds is 4. The van der Waals surface area contributed by atoms with Gasteiger partial charge in [-0.15, -0.1) is 0 Å². The first-order valence-electron chi connectivity index (χ1n) is 6.59. The standard InChI is InChI=1S/C14H17F3N4/c1-9(2)19-7-11-8-20-21(13(11)14(15,16)17)12-6-10(3)4-5-18-12/h4-6,8-9,19H,7H2,1-3H3. The van der Waals surface area contributed by atoms with E-state index in [-0.39, 0.29) is 24.0 Å².